The van der Waals surface area contributed by atoms with Crippen molar-refractivity contribution in [3.8, 4) is 0 Å². The SMILES string of the molecule is CCCCCO[P+](=O)OC. The van der Waals surface area contributed by atoms with E-state index in [0.717, 1.165) is 19.3 Å². The summed E-state index contributed by atoms with van der Waals surface area (Å²) in [7, 11) is -0.471. The van der Waals surface area contributed by atoms with E-state index >= 15 is 0 Å². The Kier molecular flexibility index (Phi) is 7.15. The Labute approximate surface area is 62.7 Å². The third-order valence-corrected chi connectivity index (χ3v) is 1.79. The predicted molar refractivity (Wildman–Crippen MR) is 40.1 cm³/mol. The van der Waals surface area contributed by atoms with E-state index < -0.39 is 8.25 Å². The van der Waals surface area contributed by atoms with Gasteiger partial charge in [-0.1, -0.05) is 19.8 Å². The lowest BCUT2D eigenvalue weighted by Gasteiger charge is -1.89. The molecular formula is C6H14O3P+. The van der Waals surface area contributed by atoms with Crippen LogP contribution in [0.1, 0.15) is 26.2 Å². The van der Waals surface area contributed by atoms with E-state index in [1.165, 1.54) is 7.11 Å². The average Bonchev–Trinajstić information content (AvgIpc) is 1.98. The standard InChI is InChI=1S/C6H14O3P/c1-3-4-5-6-9-10(7)8-2/h3-6H2,1-2H3/q+1. The van der Waals surface area contributed by atoms with Crippen molar-refractivity contribution in [3.63, 3.8) is 0 Å². The van der Waals surface area contributed by atoms with Crippen molar-refractivity contribution >= 4 is 8.25 Å². The monoisotopic (exact) mass is 165 g/mol. The summed E-state index contributed by atoms with van der Waals surface area (Å²) >= 11 is 0. The van der Waals surface area contributed by atoms with Crippen LogP contribution in [-0.4, -0.2) is 13.7 Å². The zero-order valence-electron chi connectivity index (χ0n) is 6.50. The van der Waals surface area contributed by atoms with E-state index in [0.29, 0.717) is 6.61 Å². The highest BCUT2D eigenvalue weighted by atomic mass is 31.1. The smallest absolute Gasteiger partial charge is 0.122 e. The molecule has 0 saturated heterocycles. The predicted octanol–water partition coefficient (Wildman–Crippen LogP) is 2.50. The number of unbranched alkanes of at least 4 members (excludes halogenated alkanes) is 2. The highest BCUT2D eigenvalue weighted by molar-refractivity contribution is 7.33. The highest BCUT2D eigenvalue weighted by Crippen LogP contribution is 2.21. The van der Waals surface area contributed by atoms with Gasteiger partial charge in [-0.3, -0.25) is 0 Å². The van der Waals surface area contributed by atoms with Gasteiger partial charge < -0.3 is 0 Å². The lowest BCUT2D eigenvalue weighted by Crippen LogP contribution is -1.86. The normalized spacial score (nSPS) is 11.6. The molecule has 0 heterocycles. The molecule has 0 aliphatic carbocycles. The first-order valence-electron chi connectivity index (χ1n) is 3.45. The van der Waals surface area contributed by atoms with Crippen LogP contribution in [0.25, 0.3) is 0 Å². The summed E-state index contributed by atoms with van der Waals surface area (Å²) in [6.07, 6.45) is 3.22. The van der Waals surface area contributed by atoms with E-state index in [-0.39, 0.29) is 0 Å². The Balaban J connectivity index is 2.96. The van der Waals surface area contributed by atoms with Crippen LogP contribution in [0.15, 0.2) is 0 Å². The quantitative estimate of drug-likeness (QED) is 0.448. The van der Waals surface area contributed by atoms with Crippen molar-refractivity contribution in [2.45, 2.75) is 26.2 Å². The van der Waals surface area contributed by atoms with Crippen molar-refractivity contribution in [1.29, 1.82) is 0 Å². The van der Waals surface area contributed by atoms with Gasteiger partial charge in [0.1, 0.15) is 6.61 Å². The lowest BCUT2D eigenvalue weighted by atomic mass is 10.3. The van der Waals surface area contributed by atoms with E-state index in [1.807, 2.05) is 0 Å². The Bertz CT molecular complexity index is 95.0. The van der Waals surface area contributed by atoms with Crippen molar-refractivity contribution in [1.82, 2.24) is 0 Å². The van der Waals surface area contributed by atoms with Crippen molar-refractivity contribution in [2.24, 2.45) is 0 Å². The molecule has 0 saturated carbocycles. The molecule has 0 fully saturated rings. The minimum absolute atomic E-state index is 0.539. The lowest BCUT2D eigenvalue weighted by molar-refractivity contribution is 0.251. The van der Waals surface area contributed by atoms with E-state index in [1.54, 1.807) is 0 Å². The van der Waals surface area contributed by atoms with Crippen LogP contribution >= 0.6 is 8.25 Å². The summed E-state index contributed by atoms with van der Waals surface area (Å²) in [5, 5.41) is 0. The zero-order chi connectivity index (χ0) is 7.82. The maximum Gasteiger partial charge on any atom is 0.697 e. The van der Waals surface area contributed by atoms with E-state index in [2.05, 4.69) is 11.4 Å². The second-order valence-corrected chi connectivity index (χ2v) is 3.02. The molecule has 0 bridgehead atoms. The first-order valence-corrected chi connectivity index (χ1v) is 4.55. The van der Waals surface area contributed by atoms with Gasteiger partial charge in [0, 0.05) is 4.57 Å². The van der Waals surface area contributed by atoms with E-state index in [9.17, 15) is 4.57 Å². The molecule has 1 unspecified atom stereocenters. The minimum atomic E-state index is -1.84. The Morgan fingerprint density at radius 2 is 2.10 bits per heavy atom. The van der Waals surface area contributed by atoms with Gasteiger partial charge in [-0.2, -0.15) is 0 Å². The molecule has 4 heteroatoms. The Morgan fingerprint density at radius 3 is 2.60 bits per heavy atom. The van der Waals surface area contributed by atoms with Crippen LogP contribution in [0.3, 0.4) is 0 Å². The minimum Gasteiger partial charge on any atom is -0.122 e. The van der Waals surface area contributed by atoms with Gasteiger partial charge in [-0.05, 0) is 6.42 Å². The Hall–Kier alpha value is 0.0200. The number of hydrogen-bond acceptors (Lipinski definition) is 3. The van der Waals surface area contributed by atoms with E-state index in [4.69, 9.17) is 4.52 Å². The van der Waals surface area contributed by atoms with Gasteiger partial charge in [0.25, 0.3) is 0 Å². The molecule has 1 atom stereocenters. The van der Waals surface area contributed by atoms with Crippen molar-refractivity contribution < 1.29 is 13.6 Å². The van der Waals surface area contributed by atoms with Crippen LogP contribution in [0.2, 0.25) is 0 Å². The second kappa shape index (κ2) is 7.13. The van der Waals surface area contributed by atoms with Crippen LogP contribution in [-0.2, 0) is 13.6 Å². The molecular weight excluding hydrogens is 151 g/mol. The van der Waals surface area contributed by atoms with Gasteiger partial charge in [0.2, 0.25) is 0 Å². The molecule has 0 aromatic heterocycles. The average molecular weight is 165 g/mol. The summed E-state index contributed by atoms with van der Waals surface area (Å²) in [4.78, 5) is 0. The molecule has 0 aliphatic heterocycles. The molecule has 0 aromatic carbocycles. The molecule has 0 aliphatic rings. The summed E-state index contributed by atoms with van der Waals surface area (Å²) in [5.74, 6) is 0. The van der Waals surface area contributed by atoms with Crippen LogP contribution in [0.4, 0.5) is 0 Å². The van der Waals surface area contributed by atoms with Gasteiger partial charge in [-0.25, -0.2) is 0 Å². The van der Waals surface area contributed by atoms with Crippen molar-refractivity contribution in [3.05, 3.63) is 0 Å². The molecule has 60 valence electrons. The number of rotatable bonds is 6. The fourth-order valence-corrected chi connectivity index (χ4v) is 0.927. The largest absolute Gasteiger partial charge is 0.697 e. The number of hydrogen-bond donors (Lipinski definition) is 0. The summed E-state index contributed by atoms with van der Waals surface area (Å²) in [6, 6.07) is 0. The highest BCUT2D eigenvalue weighted by Gasteiger charge is 2.15. The van der Waals surface area contributed by atoms with Crippen molar-refractivity contribution in [2.75, 3.05) is 13.7 Å². The second-order valence-electron chi connectivity index (χ2n) is 1.95. The summed E-state index contributed by atoms with van der Waals surface area (Å²) in [6.45, 7) is 2.65. The first kappa shape index (κ1) is 10.0. The topological polar surface area (TPSA) is 35.5 Å². The molecule has 0 N–H and O–H groups in total. The fourth-order valence-electron chi connectivity index (χ4n) is 0.544. The molecule has 0 rings (SSSR count). The fraction of sp³-hybridized carbons (Fsp3) is 1.00. The van der Waals surface area contributed by atoms with Crippen LogP contribution < -0.4 is 0 Å². The molecule has 3 nitrogen and oxygen atoms in total. The van der Waals surface area contributed by atoms with Crippen LogP contribution in [0, 0.1) is 0 Å². The maximum absolute atomic E-state index is 10.5. The summed E-state index contributed by atoms with van der Waals surface area (Å²) in [5.41, 5.74) is 0. The van der Waals surface area contributed by atoms with Gasteiger partial charge in [0.15, 0.2) is 0 Å². The third-order valence-electron chi connectivity index (χ3n) is 1.09. The third kappa shape index (κ3) is 6.14. The first-order chi connectivity index (χ1) is 4.81. The van der Waals surface area contributed by atoms with Gasteiger partial charge >= 0.3 is 8.25 Å². The van der Waals surface area contributed by atoms with Crippen LogP contribution in [0.5, 0.6) is 0 Å². The molecule has 0 aromatic rings. The van der Waals surface area contributed by atoms with Gasteiger partial charge in [0.05, 0.1) is 7.11 Å². The molecule has 0 amide bonds. The molecule has 0 radical (unpaired) electrons. The summed E-state index contributed by atoms with van der Waals surface area (Å²) < 4.78 is 19.7. The van der Waals surface area contributed by atoms with Gasteiger partial charge in [-0.15, -0.1) is 9.05 Å². The maximum atomic E-state index is 10.5. The Morgan fingerprint density at radius 1 is 1.40 bits per heavy atom. The zero-order valence-corrected chi connectivity index (χ0v) is 7.39. The molecule has 0 spiro atoms. The molecule has 10 heavy (non-hydrogen) atoms.